The van der Waals surface area contributed by atoms with Crippen molar-refractivity contribution in [2.45, 2.75) is 45.6 Å². The number of nitrogens with zero attached hydrogens (tertiary/aromatic N) is 3. The Hall–Kier alpha value is -1.76. The molecule has 0 radical (unpaired) electrons. The molecule has 2 aromatic rings. The van der Waals surface area contributed by atoms with E-state index in [1.165, 1.54) is 21.7 Å². The molecule has 4 nitrogen and oxygen atoms in total. The zero-order valence-corrected chi connectivity index (χ0v) is 20.0. The molecular formula is C25H31N3OS2. The molecule has 2 fully saturated rings. The zero-order chi connectivity index (χ0) is 21.4. The smallest absolute Gasteiger partial charge is 0.257 e. The number of hydrogen-bond donors (Lipinski definition) is 0. The van der Waals surface area contributed by atoms with Gasteiger partial charge in [-0.2, -0.15) is 5.10 Å². The van der Waals surface area contributed by atoms with E-state index in [9.17, 15) is 4.79 Å². The Morgan fingerprint density at radius 3 is 2.65 bits per heavy atom. The summed E-state index contributed by atoms with van der Waals surface area (Å²) in [6, 6.07) is 8.58. The van der Waals surface area contributed by atoms with E-state index < -0.39 is 0 Å². The Kier molecular flexibility index (Phi) is 6.13. The molecule has 4 heterocycles. The number of carbonyl (C=O) groups excluding carboxylic acids is 1. The van der Waals surface area contributed by atoms with Crippen LogP contribution >= 0.6 is 22.7 Å². The van der Waals surface area contributed by atoms with Gasteiger partial charge in [0.1, 0.15) is 0 Å². The number of hydrogen-bond acceptors (Lipinski definition) is 5. The van der Waals surface area contributed by atoms with Crippen molar-refractivity contribution in [1.82, 2.24) is 9.91 Å². The Morgan fingerprint density at radius 1 is 1.16 bits per heavy atom. The highest BCUT2D eigenvalue weighted by Gasteiger charge is 2.44. The first-order valence-electron chi connectivity index (χ1n) is 11.5. The van der Waals surface area contributed by atoms with Gasteiger partial charge in [0, 0.05) is 28.8 Å². The van der Waals surface area contributed by atoms with Crippen molar-refractivity contribution < 1.29 is 4.79 Å². The number of piperidine rings is 1. The van der Waals surface area contributed by atoms with Crippen LogP contribution < -0.4 is 0 Å². The number of hydrazone groups is 1. The Labute approximate surface area is 193 Å². The van der Waals surface area contributed by atoms with Crippen LogP contribution in [0.25, 0.3) is 6.08 Å². The third-order valence-corrected chi connectivity index (χ3v) is 8.52. The monoisotopic (exact) mass is 453 g/mol. The van der Waals surface area contributed by atoms with Crippen LogP contribution in [0.4, 0.5) is 0 Å². The summed E-state index contributed by atoms with van der Waals surface area (Å²) in [5.41, 5.74) is 2.46. The average Bonchev–Trinajstić information content (AvgIpc) is 3.48. The third kappa shape index (κ3) is 4.43. The van der Waals surface area contributed by atoms with Crippen LogP contribution in [0.1, 0.15) is 55.3 Å². The van der Waals surface area contributed by atoms with Crippen LogP contribution in [0.2, 0.25) is 0 Å². The zero-order valence-electron chi connectivity index (χ0n) is 18.4. The van der Waals surface area contributed by atoms with Crippen LogP contribution in [0, 0.1) is 17.8 Å². The van der Waals surface area contributed by atoms with Crippen molar-refractivity contribution in [1.29, 1.82) is 0 Å². The van der Waals surface area contributed by atoms with E-state index in [2.05, 4.69) is 59.8 Å². The van der Waals surface area contributed by atoms with Crippen LogP contribution in [0.5, 0.6) is 0 Å². The second-order valence-corrected chi connectivity index (χ2v) is 11.5. The largest absolute Gasteiger partial charge is 0.294 e. The minimum atomic E-state index is 0.0502. The molecule has 0 bridgehead atoms. The molecule has 2 aliphatic heterocycles. The summed E-state index contributed by atoms with van der Waals surface area (Å²) in [6.45, 7) is 7.10. The summed E-state index contributed by atoms with van der Waals surface area (Å²) in [5.74, 6) is 1.76. The molecular weight excluding hydrogens is 422 g/mol. The molecule has 3 aliphatic rings. The highest BCUT2D eigenvalue weighted by atomic mass is 32.1. The van der Waals surface area contributed by atoms with Crippen molar-refractivity contribution in [2.24, 2.45) is 22.9 Å². The quantitative estimate of drug-likeness (QED) is 0.577. The number of rotatable bonds is 4. The molecule has 1 saturated heterocycles. The summed E-state index contributed by atoms with van der Waals surface area (Å²) in [6.07, 6.45) is 6.86. The summed E-state index contributed by atoms with van der Waals surface area (Å²) in [4.78, 5) is 18.4. The molecule has 31 heavy (non-hydrogen) atoms. The van der Waals surface area contributed by atoms with Crippen LogP contribution in [-0.2, 0) is 4.79 Å². The lowest BCUT2D eigenvalue weighted by Crippen LogP contribution is -2.45. The van der Waals surface area contributed by atoms with E-state index in [4.69, 9.17) is 5.10 Å². The molecule has 4 atom stereocenters. The van der Waals surface area contributed by atoms with E-state index in [0.29, 0.717) is 24.3 Å². The Bertz CT molecular complexity index is 953. The topological polar surface area (TPSA) is 35.9 Å². The number of thiophene rings is 2. The maximum absolute atomic E-state index is 13.6. The van der Waals surface area contributed by atoms with Crippen molar-refractivity contribution in [2.75, 3.05) is 19.6 Å². The first-order chi connectivity index (χ1) is 15.1. The lowest BCUT2D eigenvalue weighted by molar-refractivity contribution is -0.135. The fourth-order valence-electron chi connectivity index (χ4n) is 5.68. The van der Waals surface area contributed by atoms with Gasteiger partial charge in [0.05, 0.1) is 18.3 Å². The summed E-state index contributed by atoms with van der Waals surface area (Å²) < 4.78 is 0. The minimum absolute atomic E-state index is 0.0502. The van der Waals surface area contributed by atoms with E-state index in [1.54, 1.807) is 22.7 Å². The van der Waals surface area contributed by atoms with Gasteiger partial charge in [-0.05, 0) is 72.1 Å². The van der Waals surface area contributed by atoms with Gasteiger partial charge in [-0.25, -0.2) is 5.01 Å². The maximum Gasteiger partial charge on any atom is 0.257 e. The van der Waals surface area contributed by atoms with Crippen molar-refractivity contribution in [3.63, 3.8) is 0 Å². The van der Waals surface area contributed by atoms with E-state index in [1.807, 2.05) is 5.01 Å². The molecule has 4 unspecified atom stereocenters. The highest BCUT2D eigenvalue weighted by Crippen LogP contribution is 2.45. The lowest BCUT2D eigenvalue weighted by atomic mass is 9.79. The second-order valence-electron chi connectivity index (χ2n) is 9.51. The maximum atomic E-state index is 13.6. The number of allylic oxidation sites excluding steroid dienone is 1. The second kappa shape index (κ2) is 9.00. The van der Waals surface area contributed by atoms with Gasteiger partial charge in [0.25, 0.3) is 5.91 Å². The van der Waals surface area contributed by atoms with Crippen molar-refractivity contribution >= 4 is 40.4 Å². The molecule has 1 saturated carbocycles. The van der Waals surface area contributed by atoms with Crippen LogP contribution in [0.3, 0.4) is 0 Å². The predicted molar refractivity (Wildman–Crippen MR) is 130 cm³/mol. The third-order valence-electron chi connectivity index (χ3n) is 6.75. The number of amides is 1. The molecule has 6 heteroatoms. The molecule has 0 N–H and O–H groups in total. The average molecular weight is 454 g/mol. The fourth-order valence-corrected chi connectivity index (χ4v) is 7.23. The molecule has 0 spiro atoms. The van der Waals surface area contributed by atoms with Gasteiger partial charge in [0.2, 0.25) is 0 Å². The van der Waals surface area contributed by atoms with Gasteiger partial charge in [-0.1, -0.05) is 26.0 Å². The van der Waals surface area contributed by atoms with E-state index in [-0.39, 0.29) is 11.9 Å². The summed E-state index contributed by atoms with van der Waals surface area (Å²) >= 11 is 3.52. The van der Waals surface area contributed by atoms with E-state index in [0.717, 1.165) is 38.1 Å². The molecule has 2 aromatic heterocycles. The first-order valence-corrected chi connectivity index (χ1v) is 13.2. The number of carbonyl (C=O) groups is 1. The van der Waals surface area contributed by atoms with E-state index >= 15 is 0 Å². The SMILES string of the molecule is CC1CC(C)CN(CC(=O)N2N=C3/C(=C/c4cccs4)CCCC3C2c2cccs2)C1. The van der Waals surface area contributed by atoms with Crippen LogP contribution in [0.15, 0.2) is 45.7 Å². The standard InChI is InChI=1S/C25H31N3OS2/c1-17-12-18(2)15-27(14-17)16-23(29)28-25(22-9-5-11-31-22)21-8-3-6-19(24(21)26-28)13-20-7-4-10-30-20/h4-5,7,9-11,13,17-18,21,25H,3,6,8,12,14-16H2,1-2H3/b19-13+. The Morgan fingerprint density at radius 2 is 1.94 bits per heavy atom. The number of fused-ring (bicyclic) bond motifs is 1. The van der Waals surface area contributed by atoms with Gasteiger partial charge in [0.15, 0.2) is 0 Å². The van der Waals surface area contributed by atoms with Crippen LogP contribution in [-0.4, -0.2) is 41.2 Å². The van der Waals surface area contributed by atoms with Gasteiger partial charge >= 0.3 is 0 Å². The van der Waals surface area contributed by atoms with Crippen molar-refractivity contribution in [3.8, 4) is 0 Å². The molecule has 5 rings (SSSR count). The molecule has 164 valence electrons. The van der Waals surface area contributed by atoms with Gasteiger partial charge in [-0.15, -0.1) is 22.7 Å². The minimum Gasteiger partial charge on any atom is -0.294 e. The fraction of sp³-hybridized carbons (Fsp3) is 0.520. The van der Waals surface area contributed by atoms with Gasteiger partial charge < -0.3 is 0 Å². The normalized spacial score (nSPS) is 30.5. The lowest BCUT2D eigenvalue weighted by Gasteiger charge is -2.35. The highest BCUT2D eigenvalue weighted by molar-refractivity contribution is 7.11. The molecule has 1 amide bonds. The summed E-state index contributed by atoms with van der Waals surface area (Å²) in [7, 11) is 0. The summed E-state index contributed by atoms with van der Waals surface area (Å²) in [5, 5.41) is 11.1. The van der Waals surface area contributed by atoms with Crippen molar-refractivity contribution in [3.05, 3.63) is 50.4 Å². The number of likely N-dealkylation sites (tertiary alicyclic amines) is 1. The molecule has 0 aromatic carbocycles. The Balaban J connectivity index is 1.44. The van der Waals surface area contributed by atoms with Gasteiger partial charge in [-0.3, -0.25) is 9.69 Å². The molecule has 1 aliphatic carbocycles. The predicted octanol–water partition coefficient (Wildman–Crippen LogP) is 5.91. The first kappa shape index (κ1) is 21.1.